The van der Waals surface area contributed by atoms with Crippen LogP contribution in [0.5, 0.6) is 0 Å². The summed E-state index contributed by atoms with van der Waals surface area (Å²) in [5.41, 5.74) is 4.35. The molecule has 0 atom stereocenters. The summed E-state index contributed by atoms with van der Waals surface area (Å²) in [4.78, 5) is 0. The summed E-state index contributed by atoms with van der Waals surface area (Å²) in [6.07, 6.45) is 20.9. The van der Waals surface area contributed by atoms with Crippen LogP contribution in [0.1, 0.15) is 69.4 Å². The van der Waals surface area contributed by atoms with Gasteiger partial charge in [0.2, 0.25) is 0 Å². The minimum atomic E-state index is 1.07. The van der Waals surface area contributed by atoms with Crippen LogP contribution in [0.2, 0.25) is 0 Å². The van der Waals surface area contributed by atoms with Crippen molar-refractivity contribution < 1.29 is 0 Å². The average molecular weight is 281 g/mol. The van der Waals surface area contributed by atoms with Crippen LogP contribution in [0.3, 0.4) is 0 Å². The van der Waals surface area contributed by atoms with Gasteiger partial charge in [-0.05, 0) is 42.4 Å². The predicted molar refractivity (Wildman–Crippen MR) is 94.2 cm³/mol. The number of hydrogen-bond acceptors (Lipinski definition) is 0. The Morgan fingerprint density at radius 1 is 0.905 bits per heavy atom. The van der Waals surface area contributed by atoms with E-state index in [-0.39, 0.29) is 0 Å². The Labute approximate surface area is 131 Å². The molecule has 0 aliphatic heterocycles. The number of aryl methyl sites for hydroxylation is 1. The molecule has 0 saturated heterocycles. The van der Waals surface area contributed by atoms with Crippen molar-refractivity contribution >= 4 is 5.57 Å². The zero-order valence-corrected chi connectivity index (χ0v) is 13.5. The molecule has 0 unspecified atom stereocenters. The van der Waals surface area contributed by atoms with E-state index in [2.05, 4.69) is 55.8 Å². The summed E-state index contributed by atoms with van der Waals surface area (Å²) in [6, 6.07) is 8.92. The molecule has 113 valence electrons. The van der Waals surface area contributed by atoms with Crippen molar-refractivity contribution in [2.45, 2.75) is 64.7 Å². The van der Waals surface area contributed by atoms with Gasteiger partial charge in [-0.15, -0.1) is 0 Å². The summed E-state index contributed by atoms with van der Waals surface area (Å²) in [7, 11) is 0. The van der Waals surface area contributed by atoms with E-state index in [1.807, 2.05) is 0 Å². The Bertz CT molecular complexity index is 465. The summed E-state index contributed by atoms with van der Waals surface area (Å²) in [6.45, 7) is 2.28. The molecule has 0 bridgehead atoms. The van der Waals surface area contributed by atoms with E-state index < -0.39 is 0 Å². The quantitative estimate of drug-likeness (QED) is 0.451. The Morgan fingerprint density at radius 2 is 1.67 bits per heavy atom. The van der Waals surface area contributed by atoms with Gasteiger partial charge in [0.15, 0.2) is 0 Å². The van der Waals surface area contributed by atoms with Crippen molar-refractivity contribution in [3.63, 3.8) is 0 Å². The molecule has 21 heavy (non-hydrogen) atoms. The van der Waals surface area contributed by atoms with Crippen LogP contribution in [0.25, 0.3) is 5.57 Å². The summed E-state index contributed by atoms with van der Waals surface area (Å²) >= 11 is 0. The molecule has 1 aromatic carbocycles. The van der Waals surface area contributed by atoms with Crippen LogP contribution in [0.4, 0.5) is 0 Å². The monoisotopic (exact) mass is 281 g/mol. The second-order valence-corrected chi connectivity index (χ2v) is 6.02. The number of hydrogen-bond donors (Lipinski definition) is 0. The average Bonchev–Trinajstić information content (AvgIpc) is 2.55. The van der Waals surface area contributed by atoms with Gasteiger partial charge in [-0.25, -0.2) is 0 Å². The third kappa shape index (κ3) is 5.53. The molecule has 0 nitrogen and oxygen atoms in total. The first kappa shape index (κ1) is 16.1. The SMILES string of the molecule is CCCCCCCCCc1ccccc1C1=CC=CC[CH]1. The molecular weight excluding hydrogens is 252 g/mol. The maximum absolute atomic E-state index is 2.34. The minimum Gasteiger partial charge on any atom is -0.0839 e. The number of rotatable bonds is 9. The van der Waals surface area contributed by atoms with E-state index in [0.29, 0.717) is 0 Å². The third-order valence-corrected chi connectivity index (χ3v) is 4.26. The molecule has 1 aliphatic carbocycles. The Kier molecular flexibility index (Phi) is 7.35. The lowest BCUT2D eigenvalue weighted by Crippen LogP contribution is -1.96. The summed E-state index contributed by atoms with van der Waals surface area (Å²) < 4.78 is 0. The zero-order valence-electron chi connectivity index (χ0n) is 13.5. The fourth-order valence-electron chi connectivity index (χ4n) is 3.01. The van der Waals surface area contributed by atoms with Crippen molar-refractivity contribution in [2.24, 2.45) is 0 Å². The highest BCUT2D eigenvalue weighted by atomic mass is 14.1. The molecule has 0 aromatic heterocycles. The topological polar surface area (TPSA) is 0 Å². The molecule has 0 saturated carbocycles. The van der Waals surface area contributed by atoms with Crippen molar-refractivity contribution in [3.8, 4) is 0 Å². The van der Waals surface area contributed by atoms with E-state index >= 15 is 0 Å². The standard InChI is InChI=1S/C21H29/c1-2-3-4-5-6-7-9-14-20-17-12-13-18-21(20)19-15-10-8-11-16-19/h8,10,12-13,15-18H,2-7,9,11,14H2,1H3. The zero-order chi connectivity index (χ0) is 14.8. The van der Waals surface area contributed by atoms with Crippen LogP contribution < -0.4 is 0 Å². The highest BCUT2D eigenvalue weighted by Gasteiger charge is 2.08. The van der Waals surface area contributed by atoms with Crippen molar-refractivity contribution in [1.29, 1.82) is 0 Å². The second kappa shape index (κ2) is 9.60. The van der Waals surface area contributed by atoms with Crippen molar-refractivity contribution in [2.75, 3.05) is 0 Å². The first-order valence-corrected chi connectivity index (χ1v) is 8.70. The van der Waals surface area contributed by atoms with Gasteiger partial charge in [0.05, 0.1) is 0 Å². The maximum atomic E-state index is 2.34. The summed E-state index contributed by atoms with van der Waals surface area (Å²) in [5.74, 6) is 0. The molecule has 0 heterocycles. The lowest BCUT2D eigenvalue weighted by molar-refractivity contribution is 0.589. The van der Waals surface area contributed by atoms with Gasteiger partial charge < -0.3 is 0 Å². The predicted octanol–water partition coefficient (Wildman–Crippen LogP) is 6.53. The van der Waals surface area contributed by atoms with E-state index in [0.717, 1.165) is 6.42 Å². The van der Waals surface area contributed by atoms with Crippen LogP contribution >= 0.6 is 0 Å². The van der Waals surface area contributed by atoms with E-state index in [1.54, 1.807) is 0 Å². The Balaban J connectivity index is 1.80. The van der Waals surface area contributed by atoms with Gasteiger partial charge in [0.1, 0.15) is 0 Å². The van der Waals surface area contributed by atoms with E-state index in [4.69, 9.17) is 0 Å². The van der Waals surface area contributed by atoms with Crippen LogP contribution in [-0.4, -0.2) is 0 Å². The fraction of sp³-hybridized carbons (Fsp3) is 0.476. The van der Waals surface area contributed by atoms with E-state index in [1.165, 1.54) is 68.1 Å². The van der Waals surface area contributed by atoms with Crippen LogP contribution in [0, 0.1) is 6.42 Å². The molecular formula is C21H29. The van der Waals surface area contributed by atoms with E-state index in [9.17, 15) is 0 Å². The van der Waals surface area contributed by atoms with Gasteiger partial charge in [0.25, 0.3) is 0 Å². The lowest BCUT2D eigenvalue weighted by Gasteiger charge is -2.14. The number of allylic oxidation sites excluding steroid dienone is 4. The second-order valence-electron chi connectivity index (χ2n) is 6.02. The third-order valence-electron chi connectivity index (χ3n) is 4.26. The molecule has 2 rings (SSSR count). The molecule has 0 N–H and O–H groups in total. The van der Waals surface area contributed by atoms with Gasteiger partial charge in [-0.1, -0.05) is 87.9 Å². The lowest BCUT2D eigenvalue weighted by atomic mass is 9.91. The molecule has 0 spiro atoms. The number of benzene rings is 1. The Morgan fingerprint density at radius 3 is 2.43 bits per heavy atom. The first-order chi connectivity index (χ1) is 10.4. The molecule has 1 aromatic rings. The highest BCUT2D eigenvalue weighted by Crippen LogP contribution is 2.26. The normalized spacial score (nSPS) is 14.2. The van der Waals surface area contributed by atoms with Crippen molar-refractivity contribution in [3.05, 3.63) is 60.0 Å². The maximum Gasteiger partial charge on any atom is -0.00492 e. The van der Waals surface area contributed by atoms with Crippen molar-refractivity contribution in [1.82, 2.24) is 0 Å². The van der Waals surface area contributed by atoms with Gasteiger partial charge >= 0.3 is 0 Å². The molecule has 1 aliphatic rings. The summed E-state index contributed by atoms with van der Waals surface area (Å²) in [5, 5.41) is 0. The largest absolute Gasteiger partial charge is 0.0839 e. The highest BCUT2D eigenvalue weighted by molar-refractivity contribution is 5.76. The van der Waals surface area contributed by atoms with Gasteiger partial charge in [0, 0.05) is 0 Å². The fourth-order valence-corrected chi connectivity index (χ4v) is 3.01. The smallest absolute Gasteiger partial charge is 0.00492 e. The minimum absolute atomic E-state index is 1.07. The Hall–Kier alpha value is -1.30. The molecule has 0 amide bonds. The number of unbranched alkanes of at least 4 members (excludes halogenated alkanes) is 6. The molecule has 1 radical (unpaired) electrons. The molecule has 0 fully saturated rings. The van der Waals surface area contributed by atoms with Gasteiger partial charge in [-0.3, -0.25) is 0 Å². The molecule has 0 heteroatoms. The van der Waals surface area contributed by atoms with Gasteiger partial charge in [-0.2, -0.15) is 0 Å². The van der Waals surface area contributed by atoms with Crippen LogP contribution in [-0.2, 0) is 6.42 Å². The first-order valence-electron chi connectivity index (χ1n) is 8.70. The van der Waals surface area contributed by atoms with Crippen LogP contribution in [0.15, 0.2) is 42.5 Å².